The number of rotatable bonds is 4. The lowest BCUT2D eigenvalue weighted by Gasteiger charge is -2.30. The van der Waals surface area contributed by atoms with Gasteiger partial charge >= 0.3 is 0 Å². The number of halogens is 2. The Balaban J connectivity index is 1.41. The van der Waals surface area contributed by atoms with Crippen molar-refractivity contribution in [2.75, 3.05) is 6.61 Å². The van der Waals surface area contributed by atoms with Crippen molar-refractivity contribution in [1.82, 2.24) is 5.32 Å². The minimum absolute atomic E-state index is 0.0466. The first kappa shape index (κ1) is 15.1. The van der Waals surface area contributed by atoms with Crippen LogP contribution in [0.5, 0.6) is 0 Å². The van der Waals surface area contributed by atoms with E-state index in [1.165, 1.54) is 12.1 Å². The van der Waals surface area contributed by atoms with E-state index >= 15 is 0 Å². The molecule has 3 aliphatic rings. The lowest BCUT2D eigenvalue weighted by molar-refractivity contribution is -0.124. The third-order valence-electron chi connectivity index (χ3n) is 6.10. The zero-order valence-corrected chi connectivity index (χ0v) is 12.8. The van der Waals surface area contributed by atoms with Crippen molar-refractivity contribution >= 4 is 5.91 Å². The summed E-state index contributed by atoms with van der Waals surface area (Å²) in [6, 6.07) is 3.62. The van der Waals surface area contributed by atoms with Crippen LogP contribution in [0.1, 0.15) is 37.2 Å². The molecule has 23 heavy (non-hydrogen) atoms. The Labute approximate surface area is 134 Å². The number of nitrogens with one attached hydrogen (secondary N) is 1. The van der Waals surface area contributed by atoms with Gasteiger partial charge in [0.2, 0.25) is 5.91 Å². The molecule has 6 atom stereocenters. The van der Waals surface area contributed by atoms with E-state index in [2.05, 4.69) is 5.32 Å². The van der Waals surface area contributed by atoms with Gasteiger partial charge in [-0.1, -0.05) is 6.07 Å². The number of aliphatic hydroxyl groups is 1. The van der Waals surface area contributed by atoms with E-state index in [0.717, 1.165) is 25.3 Å². The summed E-state index contributed by atoms with van der Waals surface area (Å²) in [4.78, 5) is 12.5. The van der Waals surface area contributed by atoms with Crippen molar-refractivity contribution in [2.45, 2.75) is 37.6 Å². The molecule has 2 N–H and O–H groups in total. The van der Waals surface area contributed by atoms with Gasteiger partial charge in [-0.25, -0.2) is 8.78 Å². The van der Waals surface area contributed by atoms with Crippen LogP contribution < -0.4 is 5.32 Å². The van der Waals surface area contributed by atoms with Crippen LogP contribution in [0.15, 0.2) is 18.2 Å². The Bertz CT molecular complexity index is 635. The first-order valence-corrected chi connectivity index (χ1v) is 8.44. The molecule has 1 aromatic carbocycles. The Morgan fingerprint density at radius 2 is 2.00 bits per heavy atom. The number of aliphatic hydroxyl groups excluding tert-OH is 1. The Hall–Kier alpha value is -1.49. The van der Waals surface area contributed by atoms with Crippen LogP contribution in [0, 0.1) is 35.3 Å². The molecule has 6 unspecified atom stereocenters. The fraction of sp³-hybridized carbons (Fsp3) is 0.611. The minimum atomic E-state index is -0.597. The number of hydrogen-bond donors (Lipinski definition) is 2. The van der Waals surface area contributed by atoms with Crippen LogP contribution in [-0.4, -0.2) is 23.7 Å². The van der Waals surface area contributed by atoms with Gasteiger partial charge in [0.1, 0.15) is 11.6 Å². The molecule has 0 saturated heterocycles. The van der Waals surface area contributed by atoms with Gasteiger partial charge in [0.25, 0.3) is 0 Å². The molecule has 124 valence electrons. The van der Waals surface area contributed by atoms with Crippen LogP contribution in [-0.2, 0) is 4.79 Å². The number of benzene rings is 1. The van der Waals surface area contributed by atoms with E-state index in [1.807, 2.05) is 0 Å². The van der Waals surface area contributed by atoms with Crippen LogP contribution in [0.4, 0.5) is 8.78 Å². The van der Waals surface area contributed by atoms with Crippen LogP contribution in [0.25, 0.3) is 0 Å². The van der Waals surface area contributed by atoms with Crippen molar-refractivity contribution in [3.63, 3.8) is 0 Å². The van der Waals surface area contributed by atoms with Gasteiger partial charge in [0, 0.05) is 30.6 Å². The van der Waals surface area contributed by atoms with Crippen molar-refractivity contribution in [1.29, 1.82) is 0 Å². The standard InChI is InChI=1S/C18H21F2NO2/c19-11-3-4-12(16(20)6-11)13-7-14(13)18(23)21-17-10-2-1-9(5-10)15(17)8-22/h3-4,6,9-10,13-15,17,22H,1-2,5,7-8H2,(H,21,23). The van der Waals surface area contributed by atoms with Crippen molar-refractivity contribution < 1.29 is 18.7 Å². The van der Waals surface area contributed by atoms with Gasteiger partial charge in [0.05, 0.1) is 0 Å². The Kier molecular flexibility index (Phi) is 3.63. The zero-order chi connectivity index (χ0) is 16.1. The average molecular weight is 321 g/mol. The fourth-order valence-corrected chi connectivity index (χ4v) is 4.80. The lowest BCUT2D eigenvalue weighted by atomic mass is 9.85. The molecule has 3 saturated carbocycles. The molecule has 0 radical (unpaired) electrons. The fourth-order valence-electron chi connectivity index (χ4n) is 4.80. The highest BCUT2D eigenvalue weighted by atomic mass is 19.1. The monoisotopic (exact) mass is 321 g/mol. The zero-order valence-electron chi connectivity index (χ0n) is 12.8. The maximum atomic E-state index is 13.8. The van der Waals surface area contributed by atoms with Gasteiger partial charge < -0.3 is 10.4 Å². The lowest BCUT2D eigenvalue weighted by Crippen LogP contribution is -2.46. The number of amides is 1. The van der Waals surface area contributed by atoms with Gasteiger partial charge in [-0.05, 0) is 55.1 Å². The molecule has 0 spiro atoms. The second-order valence-corrected chi connectivity index (χ2v) is 7.33. The van der Waals surface area contributed by atoms with Gasteiger partial charge in [-0.2, -0.15) is 0 Å². The summed E-state index contributed by atoms with van der Waals surface area (Å²) >= 11 is 0. The van der Waals surface area contributed by atoms with Gasteiger partial charge in [0.15, 0.2) is 0 Å². The van der Waals surface area contributed by atoms with E-state index in [0.29, 0.717) is 23.8 Å². The highest BCUT2D eigenvalue weighted by Crippen LogP contribution is 2.51. The number of carbonyl (C=O) groups is 1. The molecular weight excluding hydrogens is 300 g/mol. The largest absolute Gasteiger partial charge is 0.396 e. The molecule has 0 aliphatic heterocycles. The summed E-state index contributed by atoms with van der Waals surface area (Å²) in [5.74, 6) is -0.429. The van der Waals surface area contributed by atoms with E-state index < -0.39 is 11.6 Å². The van der Waals surface area contributed by atoms with Crippen LogP contribution in [0.2, 0.25) is 0 Å². The van der Waals surface area contributed by atoms with Crippen molar-refractivity contribution in [3.05, 3.63) is 35.4 Å². The highest BCUT2D eigenvalue weighted by Gasteiger charge is 2.51. The number of fused-ring (bicyclic) bond motifs is 2. The topological polar surface area (TPSA) is 49.3 Å². The molecule has 4 rings (SSSR count). The molecule has 3 aliphatic carbocycles. The van der Waals surface area contributed by atoms with Gasteiger partial charge in [-0.3, -0.25) is 4.79 Å². The summed E-state index contributed by atoms with van der Waals surface area (Å²) in [7, 11) is 0. The molecule has 1 amide bonds. The predicted octanol–water partition coefficient (Wildman–Crippen LogP) is 2.59. The molecule has 3 nitrogen and oxygen atoms in total. The van der Waals surface area contributed by atoms with Crippen molar-refractivity contribution in [2.24, 2.45) is 23.7 Å². The second kappa shape index (κ2) is 5.55. The third kappa shape index (κ3) is 2.55. The summed E-state index contributed by atoms with van der Waals surface area (Å²) < 4.78 is 26.8. The molecule has 3 fully saturated rings. The average Bonchev–Trinajstić information content (AvgIpc) is 3.05. The minimum Gasteiger partial charge on any atom is -0.396 e. The van der Waals surface area contributed by atoms with E-state index in [4.69, 9.17) is 0 Å². The highest BCUT2D eigenvalue weighted by molar-refractivity contribution is 5.83. The summed E-state index contributed by atoms with van der Waals surface area (Å²) in [5.41, 5.74) is 0.429. The number of carbonyl (C=O) groups excluding carboxylic acids is 1. The SMILES string of the molecule is O=C(NC1C2CCC(C2)C1CO)C1CC1c1ccc(F)cc1F. The van der Waals surface area contributed by atoms with E-state index in [9.17, 15) is 18.7 Å². The van der Waals surface area contributed by atoms with Gasteiger partial charge in [-0.15, -0.1) is 0 Å². The third-order valence-corrected chi connectivity index (χ3v) is 6.10. The first-order chi connectivity index (χ1) is 11.1. The van der Waals surface area contributed by atoms with Crippen LogP contribution >= 0.6 is 0 Å². The molecular formula is C18H21F2NO2. The maximum Gasteiger partial charge on any atom is 0.223 e. The molecule has 2 bridgehead atoms. The molecule has 1 aromatic rings. The quantitative estimate of drug-likeness (QED) is 0.895. The predicted molar refractivity (Wildman–Crippen MR) is 80.5 cm³/mol. The summed E-state index contributed by atoms with van der Waals surface area (Å²) in [6.45, 7) is 0.118. The summed E-state index contributed by atoms with van der Waals surface area (Å²) in [5, 5.41) is 12.7. The molecule has 5 heteroatoms. The van der Waals surface area contributed by atoms with Crippen LogP contribution in [0.3, 0.4) is 0 Å². The smallest absolute Gasteiger partial charge is 0.223 e. The summed E-state index contributed by atoms with van der Waals surface area (Å²) in [6.07, 6.45) is 3.97. The maximum absolute atomic E-state index is 13.8. The second-order valence-electron chi connectivity index (χ2n) is 7.33. The Morgan fingerprint density at radius 1 is 1.22 bits per heavy atom. The van der Waals surface area contributed by atoms with E-state index in [-0.39, 0.29) is 36.3 Å². The first-order valence-electron chi connectivity index (χ1n) is 8.44. The van der Waals surface area contributed by atoms with Crippen molar-refractivity contribution in [3.8, 4) is 0 Å². The molecule has 0 heterocycles. The normalized spacial score (nSPS) is 37.9. The Morgan fingerprint density at radius 3 is 2.74 bits per heavy atom. The van der Waals surface area contributed by atoms with E-state index in [1.54, 1.807) is 0 Å². The molecule has 0 aromatic heterocycles. The number of hydrogen-bond acceptors (Lipinski definition) is 2.